The van der Waals surface area contributed by atoms with E-state index in [2.05, 4.69) is 36.1 Å². The second-order valence-electron chi connectivity index (χ2n) is 9.22. The van der Waals surface area contributed by atoms with E-state index in [9.17, 15) is 17.6 Å². The second kappa shape index (κ2) is 11.1. The number of pyridine rings is 1. The zero-order valence-corrected chi connectivity index (χ0v) is 23.3. The standard InChI is InChI=1S/C27H25BrFN5O4S/c1-17-25(31-22-8-4-20(28)5-9-22)23(16-30-26(17)39(36,37)33-24-12-15-38-32-24)27(35)34-13-10-19(11-14-34)18-2-6-21(29)7-3-18/h2-9,12,15-16,19H,10-11,13-14H2,1H3,(H,30,31)(H,32,33). The molecule has 2 aromatic heterocycles. The number of rotatable bonds is 7. The Labute approximate surface area is 233 Å². The first-order valence-electron chi connectivity index (χ1n) is 12.2. The van der Waals surface area contributed by atoms with Crippen LogP contribution >= 0.6 is 15.9 Å². The number of benzene rings is 2. The Morgan fingerprint density at radius 2 is 1.77 bits per heavy atom. The number of hydrogen-bond donors (Lipinski definition) is 2. The summed E-state index contributed by atoms with van der Waals surface area (Å²) < 4.78 is 47.5. The number of nitrogens with one attached hydrogen (secondary N) is 2. The van der Waals surface area contributed by atoms with Gasteiger partial charge in [0.05, 0.1) is 11.3 Å². The van der Waals surface area contributed by atoms with Gasteiger partial charge in [-0.05, 0) is 67.6 Å². The van der Waals surface area contributed by atoms with Crippen LogP contribution in [0.1, 0.15) is 40.2 Å². The highest BCUT2D eigenvalue weighted by Gasteiger charge is 2.30. The molecule has 3 heterocycles. The van der Waals surface area contributed by atoms with Crippen molar-refractivity contribution in [2.45, 2.75) is 30.7 Å². The number of hydrogen-bond acceptors (Lipinski definition) is 7. The summed E-state index contributed by atoms with van der Waals surface area (Å²) in [4.78, 5) is 19.7. The number of carbonyl (C=O) groups is 1. The largest absolute Gasteiger partial charge is 0.363 e. The van der Waals surface area contributed by atoms with Crippen LogP contribution in [0.3, 0.4) is 0 Å². The third-order valence-corrected chi connectivity index (χ3v) is 8.60. The number of carbonyl (C=O) groups excluding carboxylic acids is 1. The average Bonchev–Trinajstić information content (AvgIpc) is 3.43. The van der Waals surface area contributed by atoms with Gasteiger partial charge >= 0.3 is 0 Å². The van der Waals surface area contributed by atoms with Crippen LogP contribution in [0, 0.1) is 12.7 Å². The molecule has 1 amide bonds. The number of nitrogens with zero attached hydrogens (tertiary/aromatic N) is 3. The maximum absolute atomic E-state index is 13.7. The SMILES string of the molecule is Cc1c(S(=O)(=O)Nc2ccon2)ncc(C(=O)N2CCC(c3ccc(F)cc3)CC2)c1Nc1ccc(Br)cc1. The molecule has 1 aliphatic heterocycles. The lowest BCUT2D eigenvalue weighted by Crippen LogP contribution is -2.38. The van der Waals surface area contributed by atoms with Gasteiger partial charge in [-0.3, -0.25) is 9.52 Å². The fourth-order valence-corrected chi connectivity index (χ4v) is 6.08. The van der Waals surface area contributed by atoms with Crippen LogP contribution in [0.5, 0.6) is 0 Å². The molecular formula is C27H25BrFN5O4S. The first-order chi connectivity index (χ1) is 18.7. The molecule has 4 aromatic rings. The number of halogens is 2. The van der Waals surface area contributed by atoms with Crippen molar-refractivity contribution in [1.82, 2.24) is 15.0 Å². The van der Waals surface area contributed by atoms with Crippen molar-refractivity contribution >= 4 is 49.1 Å². The van der Waals surface area contributed by atoms with Gasteiger partial charge in [-0.15, -0.1) is 0 Å². The molecule has 0 saturated carbocycles. The summed E-state index contributed by atoms with van der Waals surface area (Å²) >= 11 is 3.41. The predicted octanol–water partition coefficient (Wildman–Crippen LogP) is 5.84. The van der Waals surface area contributed by atoms with E-state index in [1.807, 2.05) is 24.3 Å². The molecule has 0 radical (unpaired) electrons. The molecule has 2 aromatic carbocycles. The monoisotopic (exact) mass is 613 g/mol. The van der Waals surface area contributed by atoms with Gasteiger partial charge < -0.3 is 14.7 Å². The Morgan fingerprint density at radius 1 is 1.08 bits per heavy atom. The van der Waals surface area contributed by atoms with Gasteiger partial charge in [-0.1, -0.05) is 33.2 Å². The van der Waals surface area contributed by atoms with Crippen LogP contribution in [0.15, 0.2) is 81.1 Å². The Bertz CT molecular complexity index is 1570. The lowest BCUT2D eigenvalue weighted by atomic mass is 9.89. The van der Waals surface area contributed by atoms with Crippen LogP contribution in [0.4, 0.5) is 21.6 Å². The molecule has 1 saturated heterocycles. The number of aromatic nitrogens is 2. The van der Waals surface area contributed by atoms with Crippen molar-refractivity contribution < 1.29 is 22.1 Å². The fraction of sp³-hybridized carbons (Fsp3) is 0.222. The minimum atomic E-state index is -4.13. The Kier molecular flexibility index (Phi) is 7.67. The van der Waals surface area contributed by atoms with E-state index in [0.717, 1.165) is 22.9 Å². The maximum atomic E-state index is 13.7. The summed E-state index contributed by atoms with van der Waals surface area (Å²) in [6, 6.07) is 15.2. The van der Waals surface area contributed by atoms with Gasteiger partial charge in [0.25, 0.3) is 15.9 Å². The van der Waals surface area contributed by atoms with Crippen LogP contribution in [0.25, 0.3) is 0 Å². The smallest absolute Gasteiger partial charge is 0.280 e. The summed E-state index contributed by atoms with van der Waals surface area (Å²) in [6.07, 6.45) is 4.00. The minimum absolute atomic E-state index is 0.0165. The Hall–Kier alpha value is -3.77. The van der Waals surface area contributed by atoms with Crippen molar-refractivity contribution in [3.8, 4) is 0 Å². The number of amides is 1. The van der Waals surface area contributed by atoms with Gasteiger partial charge in [0.2, 0.25) is 0 Å². The quantitative estimate of drug-likeness (QED) is 0.269. The van der Waals surface area contributed by atoms with E-state index in [-0.39, 0.29) is 39.6 Å². The van der Waals surface area contributed by atoms with Gasteiger partial charge in [0.1, 0.15) is 12.1 Å². The van der Waals surface area contributed by atoms with Gasteiger partial charge in [0.15, 0.2) is 10.8 Å². The van der Waals surface area contributed by atoms with Gasteiger partial charge in [-0.25, -0.2) is 9.37 Å². The van der Waals surface area contributed by atoms with Crippen LogP contribution in [0.2, 0.25) is 0 Å². The molecule has 0 atom stereocenters. The molecule has 1 fully saturated rings. The number of anilines is 3. The molecule has 0 bridgehead atoms. The van der Waals surface area contributed by atoms with E-state index in [0.29, 0.717) is 24.5 Å². The summed E-state index contributed by atoms with van der Waals surface area (Å²) in [6.45, 7) is 2.61. The molecular weight excluding hydrogens is 589 g/mol. The van der Waals surface area contributed by atoms with Crippen molar-refractivity contribution in [3.05, 3.63) is 94.0 Å². The summed E-state index contributed by atoms with van der Waals surface area (Å²) in [7, 11) is -4.13. The van der Waals surface area contributed by atoms with Gasteiger partial charge in [-0.2, -0.15) is 8.42 Å². The normalized spacial score (nSPS) is 14.3. The van der Waals surface area contributed by atoms with Crippen LogP contribution in [-0.2, 0) is 10.0 Å². The molecule has 0 spiro atoms. The van der Waals surface area contributed by atoms with Crippen LogP contribution < -0.4 is 10.0 Å². The van der Waals surface area contributed by atoms with E-state index >= 15 is 0 Å². The molecule has 9 nitrogen and oxygen atoms in total. The Balaban J connectivity index is 1.44. The third-order valence-electron chi connectivity index (χ3n) is 6.67. The lowest BCUT2D eigenvalue weighted by molar-refractivity contribution is 0.0713. The van der Waals surface area contributed by atoms with Crippen molar-refractivity contribution in [3.63, 3.8) is 0 Å². The highest BCUT2D eigenvalue weighted by molar-refractivity contribution is 9.10. The number of sulfonamides is 1. The van der Waals surface area contributed by atoms with E-state index in [1.54, 1.807) is 24.0 Å². The molecule has 202 valence electrons. The fourth-order valence-electron chi connectivity index (χ4n) is 4.64. The first-order valence-corrected chi connectivity index (χ1v) is 14.5. The van der Waals surface area contributed by atoms with Crippen molar-refractivity contribution in [2.24, 2.45) is 0 Å². The predicted molar refractivity (Wildman–Crippen MR) is 148 cm³/mol. The van der Waals surface area contributed by atoms with Gasteiger partial charge in [0, 0.05) is 41.1 Å². The number of piperidine rings is 1. The van der Waals surface area contributed by atoms with Crippen LogP contribution in [-0.4, -0.2) is 42.5 Å². The maximum Gasteiger partial charge on any atom is 0.280 e. The van der Waals surface area contributed by atoms with Crippen molar-refractivity contribution in [1.29, 1.82) is 0 Å². The molecule has 0 aliphatic carbocycles. The molecule has 0 unspecified atom stereocenters. The molecule has 39 heavy (non-hydrogen) atoms. The van der Waals surface area contributed by atoms with E-state index in [4.69, 9.17) is 4.52 Å². The van der Waals surface area contributed by atoms with E-state index < -0.39 is 10.0 Å². The van der Waals surface area contributed by atoms with E-state index in [1.165, 1.54) is 30.7 Å². The second-order valence-corrected chi connectivity index (χ2v) is 11.7. The zero-order chi connectivity index (χ0) is 27.6. The summed E-state index contributed by atoms with van der Waals surface area (Å²) in [5, 5.41) is 6.59. The van der Waals surface area contributed by atoms with Crippen molar-refractivity contribution in [2.75, 3.05) is 23.1 Å². The number of likely N-dealkylation sites (tertiary alicyclic amines) is 1. The summed E-state index contributed by atoms with van der Waals surface area (Å²) in [5.41, 5.74) is 2.60. The third kappa shape index (κ3) is 5.96. The highest BCUT2D eigenvalue weighted by atomic mass is 79.9. The zero-order valence-electron chi connectivity index (χ0n) is 20.9. The molecule has 1 aliphatic rings. The molecule has 2 N–H and O–H groups in total. The topological polar surface area (TPSA) is 117 Å². The summed E-state index contributed by atoms with van der Waals surface area (Å²) in [5.74, 6) is -0.286. The molecule has 12 heteroatoms. The Morgan fingerprint density at radius 3 is 2.41 bits per heavy atom. The average molecular weight is 614 g/mol. The minimum Gasteiger partial charge on any atom is -0.363 e. The lowest BCUT2D eigenvalue weighted by Gasteiger charge is -2.33. The highest BCUT2D eigenvalue weighted by Crippen LogP contribution is 2.33. The molecule has 5 rings (SSSR count). The first kappa shape index (κ1) is 26.8.